The molecule has 6 nitrogen and oxygen atoms in total. The number of carbonyl (C=O) groups is 2. The molecule has 1 aliphatic carbocycles. The van der Waals surface area contributed by atoms with E-state index in [1.54, 1.807) is 24.3 Å². The Balaban J connectivity index is 1.42. The van der Waals surface area contributed by atoms with Crippen LogP contribution >= 0.6 is 11.6 Å². The van der Waals surface area contributed by atoms with Gasteiger partial charge in [-0.15, -0.1) is 0 Å². The highest BCUT2D eigenvalue weighted by Crippen LogP contribution is 2.32. The largest absolute Gasteiger partial charge is 0.366 e. The van der Waals surface area contributed by atoms with Crippen molar-refractivity contribution in [2.24, 2.45) is 0 Å². The molecule has 1 aromatic heterocycles. The fourth-order valence-corrected chi connectivity index (χ4v) is 4.25. The van der Waals surface area contributed by atoms with Crippen molar-refractivity contribution in [2.45, 2.75) is 51.1 Å². The zero-order chi connectivity index (χ0) is 19.0. The summed E-state index contributed by atoms with van der Waals surface area (Å²) in [7, 11) is 0. The molecule has 2 amide bonds. The van der Waals surface area contributed by atoms with Crippen molar-refractivity contribution in [1.82, 2.24) is 14.9 Å². The number of hydrogen-bond donors (Lipinski definition) is 1. The minimum Gasteiger partial charge on any atom is -0.366 e. The zero-order valence-electron chi connectivity index (χ0n) is 15.1. The minimum atomic E-state index is -0.168. The second-order valence-electron chi connectivity index (χ2n) is 7.01. The molecule has 0 atom stereocenters. The first kappa shape index (κ1) is 17.9. The summed E-state index contributed by atoms with van der Waals surface area (Å²) >= 11 is 6.37. The molecule has 4 rings (SSSR count). The highest BCUT2D eigenvalue weighted by molar-refractivity contribution is 6.33. The molecular weight excluding hydrogens is 364 g/mol. The summed E-state index contributed by atoms with van der Waals surface area (Å²) in [4.78, 5) is 35.2. The number of aryl methyl sites for hydroxylation is 1. The standard InChI is InChI=1S/C20H21ClN4O2/c1-2-16-17(21)18(23-11-22-16)24-12-7-9-13(10-8-12)25-19(26)14-5-3-4-6-15(14)20(25)27/h3-6,11-13H,2,7-10H2,1H3,(H,22,23,24). The molecular formula is C20H21ClN4O2. The summed E-state index contributed by atoms with van der Waals surface area (Å²) in [6.45, 7) is 2.01. The van der Waals surface area contributed by atoms with E-state index in [9.17, 15) is 9.59 Å². The van der Waals surface area contributed by atoms with Crippen molar-refractivity contribution in [3.63, 3.8) is 0 Å². The van der Waals surface area contributed by atoms with Crippen molar-refractivity contribution >= 4 is 29.2 Å². The van der Waals surface area contributed by atoms with E-state index in [2.05, 4.69) is 15.3 Å². The molecule has 2 heterocycles. The summed E-state index contributed by atoms with van der Waals surface area (Å²) in [5, 5.41) is 3.97. The van der Waals surface area contributed by atoms with Gasteiger partial charge in [0.1, 0.15) is 17.2 Å². The van der Waals surface area contributed by atoms with Crippen LogP contribution in [0.5, 0.6) is 0 Å². The third-order valence-electron chi connectivity index (χ3n) is 5.42. The molecule has 1 fully saturated rings. The van der Waals surface area contributed by atoms with Gasteiger partial charge in [0, 0.05) is 12.1 Å². The lowest BCUT2D eigenvalue weighted by Gasteiger charge is -2.34. The number of hydrogen-bond acceptors (Lipinski definition) is 5. The van der Waals surface area contributed by atoms with Crippen LogP contribution in [0.1, 0.15) is 59.0 Å². The number of fused-ring (bicyclic) bond motifs is 1. The molecule has 0 saturated heterocycles. The Morgan fingerprint density at radius 1 is 1.07 bits per heavy atom. The normalized spacial score (nSPS) is 22.1. The van der Waals surface area contributed by atoms with Crippen LogP contribution in [0.15, 0.2) is 30.6 Å². The summed E-state index contributed by atoms with van der Waals surface area (Å²) in [5.41, 5.74) is 1.86. The van der Waals surface area contributed by atoms with Crippen molar-refractivity contribution in [3.05, 3.63) is 52.4 Å². The molecule has 7 heteroatoms. The van der Waals surface area contributed by atoms with Crippen molar-refractivity contribution in [2.75, 3.05) is 5.32 Å². The first-order valence-corrected chi connectivity index (χ1v) is 9.70. The average molecular weight is 385 g/mol. The highest BCUT2D eigenvalue weighted by atomic mass is 35.5. The van der Waals surface area contributed by atoms with Crippen LogP contribution in [0.2, 0.25) is 5.02 Å². The van der Waals surface area contributed by atoms with Gasteiger partial charge in [0.15, 0.2) is 0 Å². The summed E-state index contributed by atoms with van der Waals surface area (Å²) in [6, 6.07) is 7.21. The lowest BCUT2D eigenvalue weighted by Crippen LogP contribution is -2.43. The van der Waals surface area contributed by atoms with Gasteiger partial charge in [0.25, 0.3) is 11.8 Å². The van der Waals surface area contributed by atoms with E-state index < -0.39 is 0 Å². The van der Waals surface area contributed by atoms with Gasteiger partial charge in [-0.25, -0.2) is 9.97 Å². The number of amides is 2. The number of imide groups is 1. The number of nitrogens with zero attached hydrogens (tertiary/aromatic N) is 3. The monoisotopic (exact) mass is 384 g/mol. The predicted octanol–water partition coefficient (Wildman–Crippen LogP) is 3.71. The summed E-state index contributed by atoms with van der Waals surface area (Å²) in [6.07, 6.45) is 5.51. The first-order valence-electron chi connectivity index (χ1n) is 9.33. The van der Waals surface area contributed by atoms with Crippen LogP contribution in [-0.2, 0) is 6.42 Å². The molecule has 1 aromatic carbocycles. The minimum absolute atomic E-state index is 0.0532. The topological polar surface area (TPSA) is 75.2 Å². The van der Waals surface area contributed by atoms with Crippen LogP contribution in [0.3, 0.4) is 0 Å². The highest BCUT2D eigenvalue weighted by Gasteiger charge is 2.40. The van der Waals surface area contributed by atoms with E-state index in [-0.39, 0.29) is 23.9 Å². The molecule has 1 N–H and O–H groups in total. The molecule has 1 saturated carbocycles. The zero-order valence-corrected chi connectivity index (χ0v) is 15.9. The van der Waals surface area contributed by atoms with Gasteiger partial charge >= 0.3 is 0 Å². The van der Waals surface area contributed by atoms with Gasteiger partial charge in [-0.2, -0.15) is 0 Å². The van der Waals surface area contributed by atoms with Crippen LogP contribution < -0.4 is 5.32 Å². The Morgan fingerprint density at radius 3 is 2.30 bits per heavy atom. The molecule has 0 unspecified atom stereocenters. The van der Waals surface area contributed by atoms with Crippen LogP contribution in [0.4, 0.5) is 5.82 Å². The van der Waals surface area contributed by atoms with Crippen molar-refractivity contribution in [1.29, 1.82) is 0 Å². The molecule has 1 aliphatic heterocycles. The van der Waals surface area contributed by atoms with Gasteiger partial charge < -0.3 is 5.32 Å². The van der Waals surface area contributed by atoms with Gasteiger partial charge in [0.2, 0.25) is 0 Å². The van der Waals surface area contributed by atoms with Gasteiger partial charge in [0.05, 0.1) is 16.8 Å². The molecule has 140 valence electrons. The van der Waals surface area contributed by atoms with Crippen LogP contribution in [0.25, 0.3) is 0 Å². The number of rotatable bonds is 4. The van der Waals surface area contributed by atoms with Gasteiger partial charge in [-0.1, -0.05) is 30.7 Å². The number of benzene rings is 1. The fraction of sp³-hybridized carbons (Fsp3) is 0.400. The maximum Gasteiger partial charge on any atom is 0.261 e. The van der Waals surface area contributed by atoms with Gasteiger partial charge in [-0.3, -0.25) is 14.5 Å². The van der Waals surface area contributed by atoms with E-state index in [4.69, 9.17) is 11.6 Å². The fourth-order valence-electron chi connectivity index (χ4n) is 3.96. The smallest absolute Gasteiger partial charge is 0.261 e. The Kier molecular flexibility index (Phi) is 4.83. The second kappa shape index (κ2) is 7.27. The maximum atomic E-state index is 12.6. The molecule has 2 aromatic rings. The third kappa shape index (κ3) is 3.18. The number of carbonyl (C=O) groups excluding carboxylic acids is 2. The van der Waals surface area contributed by atoms with E-state index in [0.717, 1.165) is 37.8 Å². The molecule has 0 radical (unpaired) electrons. The van der Waals surface area contributed by atoms with Crippen molar-refractivity contribution in [3.8, 4) is 0 Å². The van der Waals surface area contributed by atoms with Crippen molar-refractivity contribution < 1.29 is 9.59 Å². The second-order valence-corrected chi connectivity index (χ2v) is 7.39. The Bertz CT molecular complexity index is 858. The Hall–Kier alpha value is -2.47. The van der Waals surface area contributed by atoms with E-state index in [0.29, 0.717) is 22.0 Å². The van der Waals surface area contributed by atoms with E-state index in [1.807, 2.05) is 6.92 Å². The predicted molar refractivity (Wildman–Crippen MR) is 103 cm³/mol. The lowest BCUT2D eigenvalue weighted by molar-refractivity contribution is 0.0545. The van der Waals surface area contributed by atoms with Crippen LogP contribution in [0, 0.1) is 0 Å². The molecule has 0 spiro atoms. The quantitative estimate of drug-likeness (QED) is 0.813. The number of nitrogens with one attached hydrogen (secondary N) is 1. The molecule has 2 aliphatic rings. The molecule has 0 bridgehead atoms. The average Bonchev–Trinajstić information content (AvgIpc) is 2.95. The van der Waals surface area contributed by atoms with Crippen LogP contribution in [-0.4, -0.2) is 38.8 Å². The van der Waals surface area contributed by atoms with E-state index in [1.165, 1.54) is 11.2 Å². The van der Waals surface area contributed by atoms with E-state index >= 15 is 0 Å². The lowest BCUT2D eigenvalue weighted by atomic mass is 9.90. The number of halogens is 1. The SMILES string of the molecule is CCc1ncnc(NC2CCC(N3C(=O)c4ccccc4C3=O)CC2)c1Cl. The first-order chi connectivity index (χ1) is 13.1. The Labute approximate surface area is 163 Å². The molecule has 27 heavy (non-hydrogen) atoms. The summed E-state index contributed by atoms with van der Waals surface area (Å²) in [5.74, 6) is 0.324. The number of anilines is 1. The third-order valence-corrected chi connectivity index (χ3v) is 5.82. The number of aromatic nitrogens is 2. The van der Waals surface area contributed by atoms with Gasteiger partial charge in [-0.05, 0) is 44.2 Å². The summed E-state index contributed by atoms with van der Waals surface area (Å²) < 4.78 is 0. The Morgan fingerprint density at radius 2 is 1.70 bits per heavy atom. The maximum absolute atomic E-state index is 12.6.